The van der Waals surface area contributed by atoms with Gasteiger partial charge in [0.2, 0.25) is 0 Å². The van der Waals surface area contributed by atoms with Crippen molar-refractivity contribution in [3.05, 3.63) is 64.7 Å². The number of amides is 1. The average molecular weight is 383 g/mol. The van der Waals surface area contributed by atoms with E-state index in [2.05, 4.69) is 10.1 Å². The summed E-state index contributed by atoms with van der Waals surface area (Å²) in [6, 6.07) is 12.6. The third-order valence-electron chi connectivity index (χ3n) is 3.70. The maximum atomic E-state index is 12.4. The summed E-state index contributed by atoms with van der Waals surface area (Å²) in [4.78, 5) is 13.4. The van der Waals surface area contributed by atoms with Gasteiger partial charge in [-0.3, -0.25) is 4.79 Å². The summed E-state index contributed by atoms with van der Waals surface area (Å²) in [6.07, 6.45) is -2.37. The fourth-order valence-corrected chi connectivity index (χ4v) is 2.73. The van der Waals surface area contributed by atoms with E-state index in [-0.39, 0.29) is 12.5 Å². The number of hydrogen-bond acceptors (Lipinski definition) is 3. The van der Waals surface area contributed by atoms with E-state index in [1.807, 2.05) is 31.4 Å². The van der Waals surface area contributed by atoms with Crippen molar-refractivity contribution in [3.8, 4) is 0 Å². The van der Waals surface area contributed by atoms with Gasteiger partial charge in [-0.1, -0.05) is 30.3 Å². The first-order valence-corrected chi connectivity index (χ1v) is 9.16. The maximum Gasteiger partial charge on any atom is 0.411 e. The smallest absolute Gasteiger partial charge is 0.367 e. The first-order valence-electron chi connectivity index (χ1n) is 7.93. The summed E-state index contributed by atoms with van der Waals surface area (Å²) in [5.74, 6) is -0.156. The molecule has 7 heteroatoms. The van der Waals surface area contributed by atoms with E-state index in [1.165, 1.54) is 0 Å². The molecular weight excluding hydrogens is 363 g/mol. The highest BCUT2D eigenvalue weighted by molar-refractivity contribution is 7.98. The number of carbonyl (C=O) groups is 1. The first-order chi connectivity index (χ1) is 12.3. The van der Waals surface area contributed by atoms with Crippen LogP contribution >= 0.6 is 11.8 Å². The van der Waals surface area contributed by atoms with E-state index in [9.17, 15) is 18.0 Å². The van der Waals surface area contributed by atoms with Crippen molar-refractivity contribution in [2.24, 2.45) is 0 Å². The summed E-state index contributed by atoms with van der Waals surface area (Å²) in [7, 11) is 0. The quantitative estimate of drug-likeness (QED) is 0.703. The highest BCUT2D eigenvalue weighted by Crippen LogP contribution is 2.19. The number of aryl methyl sites for hydroxylation is 1. The monoisotopic (exact) mass is 383 g/mol. The van der Waals surface area contributed by atoms with Crippen LogP contribution < -0.4 is 5.32 Å². The van der Waals surface area contributed by atoms with Crippen molar-refractivity contribution in [2.75, 3.05) is 12.9 Å². The third kappa shape index (κ3) is 6.38. The van der Waals surface area contributed by atoms with Crippen molar-refractivity contribution < 1.29 is 22.7 Å². The van der Waals surface area contributed by atoms with Crippen LogP contribution in [0.4, 0.5) is 13.2 Å². The number of nitrogens with one attached hydrogen (secondary N) is 1. The van der Waals surface area contributed by atoms with E-state index in [0.29, 0.717) is 17.7 Å². The molecule has 0 aliphatic carbocycles. The summed E-state index contributed by atoms with van der Waals surface area (Å²) >= 11 is 1.57. The fraction of sp³-hybridized carbons (Fsp3) is 0.316. The van der Waals surface area contributed by atoms with Crippen molar-refractivity contribution >= 4 is 17.7 Å². The molecule has 1 amide bonds. The number of thioether (sulfide) groups is 1. The molecule has 0 saturated carbocycles. The Kier molecular flexibility index (Phi) is 7.11. The minimum Gasteiger partial charge on any atom is -0.367 e. The number of benzene rings is 2. The Bertz CT molecular complexity index is 745. The van der Waals surface area contributed by atoms with Crippen molar-refractivity contribution in [1.82, 2.24) is 5.32 Å². The normalized spacial score (nSPS) is 11.4. The van der Waals surface area contributed by atoms with Gasteiger partial charge in [0, 0.05) is 17.0 Å². The summed E-state index contributed by atoms with van der Waals surface area (Å²) in [5.41, 5.74) is 3.04. The first kappa shape index (κ1) is 20.3. The Balaban J connectivity index is 1.88. The third-order valence-corrected chi connectivity index (χ3v) is 4.43. The molecule has 3 nitrogen and oxygen atoms in total. The molecule has 0 radical (unpaired) electrons. The number of hydrogen-bond donors (Lipinski definition) is 1. The Labute approximate surface area is 154 Å². The molecule has 0 spiro atoms. The topological polar surface area (TPSA) is 38.3 Å². The van der Waals surface area contributed by atoms with Crippen LogP contribution in [0.15, 0.2) is 47.4 Å². The van der Waals surface area contributed by atoms with Crippen LogP contribution in [0, 0.1) is 6.92 Å². The predicted octanol–water partition coefficient (Wildman–Crippen LogP) is 4.73. The number of carbonyl (C=O) groups excluding carboxylic acids is 1. The highest BCUT2D eigenvalue weighted by atomic mass is 32.2. The highest BCUT2D eigenvalue weighted by Gasteiger charge is 2.27. The second kappa shape index (κ2) is 9.09. The standard InChI is InChI=1S/C19H20F3NO2S/c1-13-3-8-16(26-2)9-17(13)18(24)23-10-14-4-6-15(7-5-14)11-25-12-19(20,21)22/h3-9H,10-12H2,1-2H3,(H,23,24). The van der Waals surface area contributed by atoms with Crippen LogP contribution in [-0.2, 0) is 17.9 Å². The molecule has 2 aromatic rings. The lowest BCUT2D eigenvalue weighted by atomic mass is 10.1. The van der Waals surface area contributed by atoms with Crippen LogP contribution in [0.25, 0.3) is 0 Å². The van der Waals surface area contributed by atoms with E-state index in [4.69, 9.17) is 0 Å². The Hall–Kier alpha value is -1.99. The van der Waals surface area contributed by atoms with Gasteiger partial charge in [-0.05, 0) is 42.0 Å². The molecule has 0 heterocycles. The largest absolute Gasteiger partial charge is 0.411 e. The molecule has 0 atom stereocenters. The predicted molar refractivity (Wildman–Crippen MR) is 96.3 cm³/mol. The van der Waals surface area contributed by atoms with E-state index in [1.54, 1.807) is 36.0 Å². The second-order valence-electron chi connectivity index (χ2n) is 5.79. The number of halogens is 3. The Morgan fingerprint density at radius 1 is 1.12 bits per heavy atom. The van der Waals surface area contributed by atoms with Gasteiger partial charge in [0.05, 0.1) is 6.61 Å². The number of rotatable bonds is 7. The molecule has 0 bridgehead atoms. The molecule has 0 fully saturated rings. The van der Waals surface area contributed by atoms with Crippen molar-refractivity contribution in [1.29, 1.82) is 0 Å². The minimum atomic E-state index is -4.32. The second-order valence-corrected chi connectivity index (χ2v) is 6.67. The lowest BCUT2D eigenvalue weighted by Crippen LogP contribution is -2.23. The van der Waals surface area contributed by atoms with Gasteiger partial charge in [0.1, 0.15) is 6.61 Å². The molecule has 140 valence electrons. The lowest BCUT2D eigenvalue weighted by molar-refractivity contribution is -0.176. The van der Waals surface area contributed by atoms with Crippen molar-refractivity contribution in [3.63, 3.8) is 0 Å². The fourth-order valence-electron chi connectivity index (χ4n) is 2.29. The zero-order valence-corrected chi connectivity index (χ0v) is 15.3. The van der Waals surface area contributed by atoms with Gasteiger partial charge in [0.25, 0.3) is 5.91 Å². The minimum absolute atomic E-state index is 0.104. The molecule has 2 rings (SSSR count). The lowest BCUT2D eigenvalue weighted by Gasteiger charge is -2.10. The Morgan fingerprint density at radius 3 is 2.38 bits per heavy atom. The molecule has 2 aromatic carbocycles. The van der Waals surface area contributed by atoms with Gasteiger partial charge in [-0.25, -0.2) is 0 Å². The van der Waals surface area contributed by atoms with E-state index < -0.39 is 12.8 Å². The molecule has 1 N–H and O–H groups in total. The molecule has 26 heavy (non-hydrogen) atoms. The van der Waals surface area contributed by atoms with Gasteiger partial charge >= 0.3 is 6.18 Å². The summed E-state index contributed by atoms with van der Waals surface area (Å²) in [6.45, 7) is 0.853. The summed E-state index contributed by atoms with van der Waals surface area (Å²) < 4.78 is 40.8. The van der Waals surface area contributed by atoms with Crippen LogP contribution in [0.5, 0.6) is 0 Å². The Morgan fingerprint density at radius 2 is 1.77 bits per heavy atom. The van der Waals surface area contributed by atoms with Crippen LogP contribution in [0.1, 0.15) is 27.0 Å². The van der Waals surface area contributed by atoms with Crippen LogP contribution in [-0.4, -0.2) is 24.9 Å². The SMILES string of the molecule is CSc1ccc(C)c(C(=O)NCc2ccc(COCC(F)(F)F)cc2)c1. The number of ether oxygens (including phenoxy) is 1. The molecule has 0 saturated heterocycles. The van der Waals surface area contributed by atoms with Gasteiger partial charge < -0.3 is 10.1 Å². The average Bonchev–Trinajstić information content (AvgIpc) is 2.60. The molecule has 0 aliphatic heterocycles. The van der Waals surface area contributed by atoms with Gasteiger partial charge in [-0.2, -0.15) is 13.2 Å². The number of alkyl halides is 3. The van der Waals surface area contributed by atoms with Crippen LogP contribution in [0.3, 0.4) is 0 Å². The zero-order chi connectivity index (χ0) is 19.2. The van der Waals surface area contributed by atoms with E-state index in [0.717, 1.165) is 16.0 Å². The molecule has 0 unspecified atom stereocenters. The van der Waals surface area contributed by atoms with Gasteiger partial charge in [0.15, 0.2) is 0 Å². The maximum absolute atomic E-state index is 12.4. The van der Waals surface area contributed by atoms with Crippen molar-refractivity contribution in [2.45, 2.75) is 31.1 Å². The summed E-state index contributed by atoms with van der Waals surface area (Å²) in [5, 5.41) is 2.86. The molecule has 0 aliphatic rings. The molecule has 0 aromatic heterocycles. The van der Waals surface area contributed by atoms with Gasteiger partial charge in [-0.15, -0.1) is 11.8 Å². The van der Waals surface area contributed by atoms with E-state index >= 15 is 0 Å². The van der Waals surface area contributed by atoms with Crippen LogP contribution in [0.2, 0.25) is 0 Å². The zero-order valence-electron chi connectivity index (χ0n) is 14.5. The molecular formula is C19H20F3NO2S.